The summed E-state index contributed by atoms with van der Waals surface area (Å²) in [5, 5.41) is 3.47. The molecule has 0 fully saturated rings. The molecule has 0 aromatic heterocycles. The van der Waals surface area contributed by atoms with E-state index in [0.29, 0.717) is 5.92 Å². The van der Waals surface area contributed by atoms with Crippen molar-refractivity contribution in [1.29, 1.82) is 0 Å². The van der Waals surface area contributed by atoms with E-state index in [-0.39, 0.29) is 0 Å². The van der Waals surface area contributed by atoms with Crippen LogP contribution in [0.2, 0.25) is 0 Å². The summed E-state index contributed by atoms with van der Waals surface area (Å²) in [4.78, 5) is 0. The predicted molar refractivity (Wildman–Crippen MR) is 74.3 cm³/mol. The summed E-state index contributed by atoms with van der Waals surface area (Å²) in [7, 11) is 0. The summed E-state index contributed by atoms with van der Waals surface area (Å²) in [6.45, 7) is 8.68. The fourth-order valence-electron chi connectivity index (χ4n) is 1.40. The molecule has 3 heteroatoms. The molecule has 1 aromatic carbocycles. The van der Waals surface area contributed by atoms with Gasteiger partial charge in [0.15, 0.2) is 0 Å². The number of nitrogen functional groups attached to an aromatic ring is 1. The van der Waals surface area contributed by atoms with E-state index in [1.54, 1.807) is 0 Å². The number of nitrogens with two attached hydrogens (primary N) is 1. The van der Waals surface area contributed by atoms with Crippen LogP contribution in [0.3, 0.4) is 0 Å². The summed E-state index contributed by atoms with van der Waals surface area (Å²) in [5.74, 6) is 1.41. The normalized spacial score (nSPS) is 13.1. The Bertz CT molecular complexity index is 337. The molecule has 0 heterocycles. The molecule has 0 aliphatic carbocycles. The quantitative estimate of drug-likeness (QED) is 0.814. The van der Waals surface area contributed by atoms with Crippen LogP contribution < -0.4 is 11.1 Å². The van der Waals surface area contributed by atoms with Gasteiger partial charge < -0.3 is 11.1 Å². The second-order valence-corrected chi connectivity index (χ2v) is 5.56. The Morgan fingerprint density at radius 2 is 2.00 bits per heavy atom. The predicted octanol–water partition coefficient (Wildman–Crippen LogP) is 3.41. The van der Waals surface area contributed by atoms with E-state index in [1.165, 1.54) is 5.56 Å². The SMILES string of the molecule is CC(C)C(C)CNCc1cc(N)ccc1Br. The Morgan fingerprint density at radius 1 is 1.31 bits per heavy atom. The molecule has 1 rings (SSSR count). The minimum Gasteiger partial charge on any atom is -0.399 e. The van der Waals surface area contributed by atoms with E-state index < -0.39 is 0 Å². The van der Waals surface area contributed by atoms with Crippen LogP contribution in [-0.4, -0.2) is 6.54 Å². The lowest BCUT2D eigenvalue weighted by Gasteiger charge is -2.16. The first-order valence-corrected chi connectivity index (χ1v) is 6.54. The molecule has 1 aromatic rings. The van der Waals surface area contributed by atoms with Gasteiger partial charge in [0.25, 0.3) is 0 Å². The molecule has 0 radical (unpaired) electrons. The molecule has 0 aliphatic heterocycles. The number of anilines is 1. The first-order chi connectivity index (χ1) is 7.50. The third-order valence-corrected chi connectivity index (χ3v) is 3.76. The van der Waals surface area contributed by atoms with Gasteiger partial charge in [0.1, 0.15) is 0 Å². The maximum Gasteiger partial charge on any atom is 0.0318 e. The highest BCUT2D eigenvalue weighted by molar-refractivity contribution is 9.10. The van der Waals surface area contributed by atoms with Crippen LogP contribution in [0.4, 0.5) is 5.69 Å². The smallest absolute Gasteiger partial charge is 0.0318 e. The lowest BCUT2D eigenvalue weighted by molar-refractivity contribution is 0.392. The third-order valence-electron chi connectivity index (χ3n) is 2.99. The van der Waals surface area contributed by atoms with Crippen LogP contribution in [0.1, 0.15) is 26.3 Å². The van der Waals surface area contributed by atoms with E-state index in [0.717, 1.165) is 29.2 Å². The van der Waals surface area contributed by atoms with E-state index in [2.05, 4.69) is 42.0 Å². The van der Waals surface area contributed by atoms with Crippen LogP contribution in [0.5, 0.6) is 0 Å². The Labute approximate surface area is 107 Å². The molecule has 0 saturated heterocycles. The number of nitrogens with one attached hydrogen (secondary N) is 1. The molecular formula is C13H21BrN2. The van der Waals surface area contributed by atoms with Crippen molar-refractivity contribution >= 4 is 21.6 Å². The lowest BCUT2D eigenvalue weighted by Crippen LogP contribution is -2.23. The number of hydrogen-bond acceptors (Lipinski definition) is 2. The Balaban J connectivity index is 2.45. The maximum atomic E-state index is 5.76. The van der Waals surface area contributed by atoms with Gasteiger partial charge in [-0.3, -0.25) is 0 Å². The van der Waals surface area contributed by atoms with E-state index >= 15 is 0 Å². The van der Waals surface area contributed by atoms with Crippen LogP contribution >= 0.6 is 15.9 Å². The zero-order valence-electron chi connectivity index (χ0n) is 10.3. The molecule has 0 bridgehead atoms. The van der Waals surface area contributed by atoms with Crippen molar-refractivity contribution in [3.63, 3.8) is 0 Å². The molecule has 0 saturated carbocycles. The van der Waals surface area contributed by atoms with Crippen molar-refractivity contribution in [3.8, 4) is 0 Å². The van der Waals surface area contributed by atoms with E-state index in [1.807, 2.05) is 18.2 Å². The average molecular weight is 285 g/mol. The van der Waals surface area contributed by atoms with Crippen LogP contribution in [0.25, 0.3) is 0 Å². The molecule has 0 aliphatic rings. The monoisotopic (exact) mass is 284 g/mol. The molecule has 2 nitrogen and oxygen atoms in total. The highest BCUT2D eigenvalue weighted by Gasteiger charge is 2.06. The fourth-order valence-corrected chi connectivity index (χ4v) is 1.79. The highest BCUT2D eigenvalue weighted by atomic mass is 79.9. The highest BCUT2D eigenvalue weighted by Crippen LogP contribution is 2.19. The second kappa shape index (κ2) is 6.26. The first-order valence-electron chi connectivity index (χ1n) is 5.75. The largest absolute Gasteiger partial charge is 0.399 e. The van der Waals surface area contributed by atoms with Gasteiger partial charge in [0.05, 0.1) is 0 Å². The van der Waals surface area contributed by atoms with Crippen molar-refractivity contribution in [3.05, 3.63) is 28.2 Å². The summed E-state index contributed by atoms with van der Waals surface area (Å²) in [6.07, 6.45) is 0. The van der Waals surface area contributed by atoms with Crippen molar-refractivity contribution in [2.75, 3.05) is 12.3 Å². The molecule has 16 heavy (non-hydrogen) atoms. The van der Waals surface area contributed by atoms with Crippen LogP contribution in [0.15, 0.2) is 22.7 Å². The molecule has 1 unspecified atom stereocenters. The number of halogens is 1. The van der Waals surface area contributed by atoms with Gasteiger partial charge in [-0.1, -0.05) is 36.7 Å². The first kappa shape index (κ1) is 13.5. The molecule has 1 atom stereocenters. The van der Waals surface area contributed by atoms with Gasteiger partial charge in [-0.05, 0) is 42.1 Å². The molecular weight excluding hydrogens is 264 g/mol. The zero-order valence-corrected chi connectivity index (χ0v) is 11.8. The van der Waals surface area contributed by atoms with E-state index in [9.17, 15) is 0 Å². The van der Waals surface area contributed by atoms with Crippen molar-refractivity contribution in [1.82, 2.24) is 5.32 Å². The standard InChI is InChI=1S/C13H21BrN2/c1-9(2)10(3)7-16-8-11-6-12(15)4-5-13(11)14/h4-6,9-10,16H,7-8,15H2,1-3H3. The number of rotatable bonds is 5. The Kier molecular flexibility index (Phi) is 5.29. The minimum atomic E-state index is 0.694. The fraction of sp³-hybridized carbons (Fsp3) is 0.538. The number of benzene rings is 1. The lowest BCUT2D eigenvalue weighted by atomic mass is 9.98. The van der Waals surface area contributed by atoms with Crippen molar-refractivity contribution in [2.24, 2.45) is 11.8 Å². The van der Waals surface area contributed by atoms with Gasteiger partial charge in [-0.15, -0.1) is 0 Å². The summed E-state index contributed by atoms with van der Waals surface area (Å²) in [6, 6.07) is 5.92. The zero-order chi connectivity index (χ0) is 12.1. The second-order valence-electron chi connectivity index (χ2n) is 4.70. The Hall–Kier alpha value is -0.540. The third kappa shape index (κ3) is 4.14. The van der Waals surface area contributed by atoms with Crippen molar-refractivity contribution in [2.45, 2.75) is 27.3 Å². The summed E-state index contributed by atoms with van der Waals surface area (Å²) >= 11 is 3.53. The molecule has 3 N–H and O–H groups in total. The van der Waals surface area contributed by atoms with Gasteiger partial charge in [-0.2, -0.15) is 0 Å². The molecule has 0 amide bonds. The molecule has 0 spiro atoms. The van der Waals surface area contributed by atoms with Gasteiger partial charge in [0, 0.05) is 16.7 Å². The summed E-state index contributed by atoms with van der Waals surface area (Å²) in [5.41, 5.74) is 7.79. The topological polar surface area (TPSA) is 38.0 Å². The van der Waals surface area contributed by atoms with E-state index in [4.69, 9.17) is 5.73 Å². The van der Waals surface area contributed by atoms with Gasteiger partial charge in [-0.25, -0.2) is 0 Å². The maximum absolute atomic E-state index is 5.76. The van der Waals surface area contributed by atoms with Crippen molar-refractivity contribution < 1.29 is 0 Å². The summed E-state index contributed by atoms with van der Waals surface area (Å²) < 4.78 is 1.12. The van der Waals surface area contributed by atoms with Crippen LogP contribution in [0, 0.1) is 11.8 Å². The average Bonchev–Trinajstić information content (AvgIpc) is 2.22. The Morgan fingerprint density at radius 3 is 2.62 bits per heavy atom. The molecule has 90 valence electrons. The van der Waals surface area contributed by atoms with Gasteiger partial charge in [0.2, 0.25) is 0 Å². The minimum absolute atomic E-state index is 0.694. The van der Waals surface area contributed by atoms with Crippen LogP contribution in [-0.2, 0) is 6.54 Å². The van der Waals surface area contributed by atoms with Gasteiger partial charge >= 0.3 is 0 Å². The number of hydrogen-bond donors (Lipinski definition) is 2.